The van der Waals surface area contributed by atoms with Gasteiger partial charge in [-0.15, -0.1) is 0 Å². The second-order valence-electron chi connectivity index (χ2n) is 6.85. The molecule has 0 fully saturated rings. The molecule has 4 rings (SSSR count). The maximum atomic E-state index is 14.4. The first kappa shape index (κ1) is 17.4. The van der Waals surface area contributed by atoms with Crippen LogP contribution >= 0.6 is 0 Å². The Morgan fingerprint density at radius 1 is 0.926 bits per heavy atom. The van der Waals surface area contributed by atoms with E-state index in [1.54, 1.807) is 24.3 Å². The van der Waals surface area contributed by atoms with Crippen LogP contribution in [-0.4, -0.2) is 10.8 Å². The normalized spacial score (nSPS) is 19.6. The molecule has 136 valence electrons. The van der Waals surface area contributed by atoms with Crippen LogP contribution in [0.4, 0.5) is 4.39 Å². The fourth-order valence-corrected chi connectivity index (χ4v) is 3.47. The number of aromatic hydroxyl groups is 1. The van der Waals surface area contributed by atoms with Gasteiger partial charge in [0, 0.05) is 29.3 Å². The fourth-order valence-electron chi connectivity index (χ4n) is 3.47. The highest BCUT2D eigenvalue weighted by atomic mass is 19.1. The molecule has 0 spiro atoms. The molecule has 1 aliphatic heterocycles. The molecule has 0 saturated carbocycles. The lowest BCUT2D eigenvalue weighted by molar-refractivity contribution is 0.405. The van der Waals surface area contributed by atoms with Gasteiger partial charge in [0.1, 0.15) is 17.7 Å². The lowest BCUT2D eigenvalue weighted by atomic mass is 9.93. The average Bonchev–Trinajstić information content (AvgIpc) is 2.69. The van der Waals surface area contributed by atoms with Crippen LogP contribution in [0.2, 0.25) is 0 Å². The molecule has 0 saturated heterocycles. The molecule has 0 aliphatic carbocycles. The Kier molecular flexibility index (Phi) is 4.73. The van der Waals surface area contributed by atoms with Crippen LogP contribution in [-0.2, 0) is 0 Å². The lowest BCUT2D eigenvalue weighted by Crippen LogP contribution is -2.33. The van der Waals surface area contributed by atoms with Crippen molar-refractivity contribution in [3.05, 3.63) is 101 Å². The van der Waals surface area contributed by atoms with E-state index in [0.29, 0.717) is 12.0 Å². The van der Waals surface area contributed by atoms with E-state index in [9.17, 15) is 9.50 Å². The van der Waals surface area contributed by atoms with E-state index in [1.165, 1.54) is 11.6 Å². The zero-order chi connectivity index (χ0) is 18.8. The summed E-state index contributed by atoms with van der Waals surface area (Å²) in [6, 6.07) is 22.0. The Hall–Kier alpha value is -2.98. The van der Waals surface area contributed by atoms with E-state index in [-0.39, 0.29) is 17.6 Å². The van der Waals surface area contributed by atoms with Crippen LogP contribution in [0.3, 0.4) is 0 Å². The van der Waals surface area contributed by atoms with Crippen LogP contribution < -0.4 is 5.32 Å². The molecular weight excluding hydrogens is 339 g/mol. The monoisotopic (exact) mass is 360 g/mol. The highest BCUT2D eigenvalue weighted by Gasteiger charge is 2.28. The largest absolute Gasteiger partial charge is 0.508 e. The molecular formula is C23H21FN2O. The number of halogens is 1. The number of aryl methyl sites for hydroxylation is 1. The summed E-state index contributed by atoms with van der Waals surface area (Å²) in [5, 5.41) is 13.7. The van der Waals surface area contributed by atoms with Gasteiger partial charge in [-0.05, 0) is 24.6 Å². The minimum absolute atomic E-state index is 0.162. The van der Waals surface area contributed by atoms with Crippen molar-refractivity contribution in [3.8, 4) is 5.75 Å². The van der Waals surface area contributed by atoms with Crippen LogP contribution in [0, 0.1) is 12.7 Å². The molecule has 4 heteroatoms. The molecule has 2 atom stereocenters. The number of phenolic OH excluding ortho intramolecular Hbond substituents is 1. The second kappa shape index (κ2) is 7.33. The third kappa shape index (κ3) is 3.62. The molecule has 3 aromatic carbocycles. The number of para-hydroxylation sites is 1. The number of nitrogens with zero attached hydrogens (tertiary/aromatic N) is 1. The Labute approximate surface area is 158 Å². The molecule has 0 radical (unpaired) electrons. The Bertz CT molecular complexity index is 982. The highest BCUT2D eigenvalue weighted by molar-refractivity contribution is 6.01. The molecule has 1 aliphatic rings. The van der Waals surface area contributed by atoms with Gasteiger partial charge in [-0.2, -0.15) is 0 Å². The zero-order valence-electron chi connectivity index (χ0n) is 15.1. The van der Waals surface area contributed by atoms with Gasteiger partial charge in [0.05, 0.1) is 0 Å². The number of phenols is 1. The number of nitrogens with one attached hydrogen (secondary N) is 1. The first-order valence-electron chi connectivity index (χ1n) is 9.04. The van der Waals surface area contributed by atoms with Crippen molar-refractivity contribution >= 4 is 5.71 Å². The quantitative estimate of drug-likeness (QED) is 0.685. The van der Waals surface area contributed by atoms with Gasteiger partial charge in [0.25, 0.3) is 0 Å². The van der Waals surface area contributed by atoms with Crippen molar-refractivity contribution in [1.82, 2.24) is 5.32 Å². The predicted octanol–water partition coefficient (Wildman–Crippen LogP) is 5.06. The molecule has 3 aromatic rings. The maximum Gasteiger partial charge on any atom is 0.129 e. The van der Waals surface area contributed by atoms with Crippen molar-refractivity contribution in [2.24, 2.45) is 4.99 Å². The van der Waals surface area contributed by atoms with Gasteiger partial charge in [-0.25, -0.2) is 4.39 Å². The van der Waals surface area contributed by atoms with Crippen LogP contribution in [0.25, 0.3) is 0 Å². The summed E-state index contributed by atoms with van der Waals surface area (Å²) in [6.07, 6.45) is 0.104. The van der Waals surface area contributed by atoms with Gasteiger partial charge in [-0.3, -0.25) is 10.3 Å². The second-order valence-corrected chi connectivity index (χ2v) is 6.85. The standard InChI is InChI=1S/C23H21FN2O/c1-15-10-12-16(13-11-15)20-14-21(18-7-3-5-9-22(18)27)26-23(25-20)17-6-2-4-8-19(17)24/h2-13,21,23,26-27H,14H2,1H3/t21-,23+/m1/s1. The van der Waals surface area contributed by atoms with Gasteiger partial charge < -0.3 is 5.11 Å². The molecule has 0 aromatic heterocycles. The molecule has 2 N–H and O–H groups in total. The van der Waals surface area contributed by atoms with Crippen molar-refractivity contribution < 1.29 is 9.50 Å². The van der Waals surface area contributed by atoms with Crippen LogP contribution in [0.15, 0.2) is 77.8 Å². The topological polar surface area (TPSA) is 44.6 Å². The third-order valence-electron chi connectivity index (χ3n) is 4.94. The Balaban J connectivity index is 1.78. The number of hydrogen-bond acceptors (Lipinski definition) is 3. The third-order valence-corrected chi connectivity index (χ3v) is 4.94. The summed E-state index contributed by atoms with van der Waals surface area (Å²) in [4.78, 5) is 4.80. The first-order chi connectivity index (χ1) is 13.1. The predicted molar refractivity (Wildman–Crippen MR) is 105 cm³/mol. The summed E-state index contributed by atoms with van der Waals surface area (Å²) in [5.41, 5.74) is 4.39. The molecule has 1 heterocycles. The van der Waals surface area contributed by atoms with E-state index < -0.39 is 6.17 Å². The smallest absolute Gasteiger partial charge is 0.129 e. The molecule has 27 heavy (non-hydrogen) atoms. The van der Waals surface area contributed by atoms with E-state index in [2.05, 4.69) is 5.32 Å². The Morgan fingerprint density at radius 2 is 1.59 bits per heavy atom. The number of rotatable bonds is 3. The minimum Gasteiger partial charge on any atom is -0.508 e. The molecule has 3 nitrogen and oxygen atoms in total. The average molecular weight is 360 g/mol. The minimum atomic E-state index is -0.513. The van der Waals surface area contributed by atoms with E-state index >= 15 is 0 Å². The van der Waals surface area contributed by atoms with Crippen molar-refractivity contribution in [2.45, 2.75) is 25.6 Å². The van der Waals surface area contributed by atoms with Gasteiger partial charge >= 0.3 is 0 Å². The molecule has 0 unspecified atom stereocenters. The van der Waals surface area contributed by atoms with Crippen molar-refractivity contribution in [2.75, 3.05) is 0 Å². The van der Waals surface area contributed by atoms with Crippen molar-refractivity contribution in [1.29, 1.82) is 0 Å². The Morgan fingerprint density at radius 3 is 2.30 bits per heavy atom. The SMILES string of the molecule is Cc1ccc(C2=N[C@H](c3ccccc3F)N[C@@H](c3ccccc3O)C2)cc1. The summed E-state index contributed by atoms with van der Waals surface area (Å²) in [7, 11) is 0. The van der Waals surface area contributed by atoms with Gasteiger partial charge in [0.2, 0.25) is 0 Å². The summed E-state index contributed by atoms with van der Waals surface area (Å²) < 4.78 is 14.4. The zero-order valence-corrected chi connectivity index (χ0v) is 15.1. The summed E-state index contributed by atoms with van der Waals surface area (Å²) in [6.45, 7) is 2.04. The van der Waals surface area contributed by atoms with E-state index in [1.807, 2.05) is 49.4 Å². The lowest BCUT2D eigenvalue weighted by Gasteiger charge is -2.31. The summed E-state index contributed by atoms with van der Waals surface area (Å²) in [5.74, 6) is -0.0626. The molecule has 0 amide bonds. The number of benzene rings is 3. The van der Waals surface area contributed by atoms with Crippen LogP contribution in [0.5, 0.6) is 5.75 Å². The van der Waals surface area contributed by atoms with E-state index in [4.69, 9.17) is 4.99 Å². The van der Waals surface area contributed by atoms with Crippen LogP contribution in [0.1, 0.15) is 40.9 Å². The van der Waals surface area contributed by atoms with Gasteiger partial charge in [-0.1, -0.05) is 66.2 Å². The number of hydrogen-bond donors (Lipinski definition) is 2. The summed E-state index contributed by atoms with van der Waals surface area (Å²) >= 11 is 0. The van der Waals surface area contributed by atoms with E-state index in [0.717, 1.165) is 16.8 Å². The fraction of sp³-hybridized carbons (Fsp3) is 0.174. The maximum absolute atomic E-state index is 14.4. The highest BCUT2D eigenvalue weighted by Crippen LogP contribution is 2.34. The first-order valence-corrected chi connectivity index (χ1v) is 9.04. The number of aliphatic imine (C=N–C) groups is 1. The van der Waals surface area contributed by atoms with Gasteiger partial charge in [0.15, 0.2) is 0 Å². The van der Waals surface area contributed by atoms with Crippen molar-refractivity contribution in [3.63, 3.8) is 0 Å². The molecule has 0 bridgehead atoms.